The first-order valence-electron chi connectivity index (χ1n) is 7.50. The van der Waals surface area contributed by atoms with Crippen LogP contribution in [0.25, 0.3) is 10.8 Å². The van der Waals surface area contributed by atoms with E-state index < -0.39 is 0 Å². The van der Waals surface area contributed by atoms with Crippen molar-refractivity contribution in [1.29, 1.82) is 0 Å². The molecule has 1 aromatic heterocycles. The van der Waals surface area contributed by atoms with Crippen molar-refractivity contribution in [2.45, 2.75) is 53.4 Å². The number of pyridine rings is 1. The predicted molar refractivity (Wildman–Crippen MR) is 85.2 cm³/mol. The van der Waals surface area contributed by atoms with E-state index in [0.29, 0.717) is 5.41 Å². The second-order valence-corrected chi connectivity index (χ2v) is 6.51. The van der Waals surface area contributed by atoms with Gasteiger partial charge < -0.3 is 5.11 Å². The Kier molecular flexibility index (Phi) is 4.32. The van der Waals surface area contributed by atoms with Crippen molar-refractivity contribution < 1.29 is 5.11 Å². The van der Waals surface area contributed by atoms with E-state index >= 15 is 0 Å². The molecule has 0 spiro atoms. The van der Waals surface area contributed by atoms with Crippen molar-refractivity contribution in [2.24, 2.45) is 5.41 Å². The van der Waals surface area contributed by atoms with Crippen LogP contribution in [0.1, 0.15) is 51.2 Å². The molecule has 0 amide bonds. The molecule has 1 N–H and O–H groups in total. The first kappa shape index (κ1) is 14.8. The van der Waals surface area contributed by atoms with Crippen LogP contribution < -0.4 is 0 Å². The summed E-state index contributed by atoms with van der Waals surface area (Å²) in [6.07, 6.45) is 6.36. The summed E-state index contributed by atoms with van der Waals surface area (Å²) in [6, 6.07) is 6.20. The maximum absolute atomic E-state index is 9.87. The summed E-state index contributed by atoms with van der Waals surface area (Å²) in [5.41, 5.74) is 3.05. The number of aromatic hydroxyl groups is 1. The van der Waals surface area contributed by atoms with Gasteiger partial charge >= 0.3 is 0 Å². The lowest BCUT2D eigenvalue weighted by molar-refractivity contribution is 0.313. The number of nitrogens with zero attached hydrogens (tertiary/aromatic N) is 1. The van der Waals surface area contributed by atoms with Gasteiger partial charge in [0.1, 0.15) is 0 Å². The molecular weight excluding hydrogens is 246 g/mol. The molecule has 0 aliphatic rings. The van der Waals surface area contributed by atoms with Gasteiger partial charge in [-0.1, -0.05) is 33.3 Å². The third-order valence-electron chi connectivity index (χ3n) is 4.46. The largest absolute Gasteiger partial charge is 0.493 e. The molecule has 0 saturated carbocycles. The van der Waals surface area contributed by atoms with Gasteiger partial charge in [0.15, 0.2) is 0 Å². The zero-order valence-corrected chi connectivity index (χ0v) is 13.0. The molecule has 108 valence electrons. The van der Waals surface area contributed by atoms with Crippen molar-refractivity contribution >= 4 is 10.8 Å². The molecule has 0 atom stereocenters. The van der Waals surface area contributed by atoms with Crippen molar-refractivity contribution in [3.63, 3.8) is 0 Å². The minimum absolute atomic E-state index is 0.137. The van der Waals surface area contributed by atoms with Crippen molar-refractivity contribution in [3.05, 3.63) is 35.5 Å². The minimum Gasteiger partial charge on any atom is -0.493 e. The third kappa shape index (κ3) is 3.30. The number of hydrogen-bond donors (Lipinski definition) is 1. The Morgan fingerprint density at radius 2 is 2.00 bits per heavy atom. The fraction of sp³-hybridized carbons (Fsp3) is 0.500. The maximum Gasteiger partial charge on any atom is 0.218 e. The average molecular weight is 271 g/mol. The zero-order valence-electron chi connectivity index (χ0n) is 13.0. The highest BCUT2D eigenvalue weighted by Crippen LogP contribution is 2.29. The molecule has 2 heteroatoms. The lowest BCUT2D eigenvalue weighted by Gasteiger charge is -2.22. The lowest BCUT2D eigenvalue weighted by Crippen LogP contribution is -2.09. The molecule has 0 aliphatic carbocycles. The molecule has 0 radical (unpaired) electrons. The van der Waals surface area contributed by atoms with E-state index in [2.05, 4.69) is 44.8 Å². The van der Waals surface area contributed by atoms with Crippen LogP contribution in [0.15, 0.2) is 24.4 Å². The third-order valence-corrected chi connectivity index (χ3v) is 4.46. The van der Waals surface area contributed by atoms with Crippen LogP contribution in [0.3, 0.4) is 0 Å². The van der Waals surface area contributed by atoms with Gasteiger partial charge in [-0.15, -0.1) is 0 Å². The molecule has 1 heterocycles. The summed E-state index contributed by atoms with van der Waals surface area (Å²) >= 11 is 0. The van der Waals surface area contributed by atoms with E-state index in [9.17, 15) is 5.11 Å². The highest BCUT2D eigenvalue weighted by atomic mass is 16.3. The first-order valence-corrected chi connectivity index (χ1v) is 7.50. The van der Waals surface area contributed by atoms with E-state index in [-0.39, 0.29) is 5.88 Å². The van der Waals surface area contributed by atoms with Crippen molar-refractivity contribution in [1.82, 2.24) is 4.98 Å². The van der Waals surface area contributed by atoms with E-state index in [1.165, 1.54) is 30.4 Å². The molecule has 0 fully saturated rings. The molecule has 0 unspecified atom stereocenters. The van der Waals surface area contributed by atoms with Gasteiger partial charge in [-0.05, 0) is 60.2 Å². The SMILES string of the molecule is CCC(C)(C)CCCc1cc2c(O)nccc2cc1C. The number of rotatable bonds is 5. The number of fused-ring (bicyclic) bond motifs is 1. The summed E-state index contributed by atoms with van der Waals surface area (Å²) in [4.78, 5) is 3.97. The van der Waals surface area contributed by atoms with E-state index in [4.69, 9.17) is 0 Å². The Morgan fingerprint density at radius 3 is 2.70 bits per heavy atom. The number of aryl methyl sites for hydroxylation is 2. The van der Waals surface area contributed by atoms with Crippen LogP contribution in [-0.4, -0.2) is 10.1 Å². The minimum atomic E-state index is 0.137. The lowest BCUT2D eigenvalue weighted by atomic mass is 9.84. The van der Waals surface area contributed by atoms with Crippen LogP contribution in [-0.2, 0) is 6.42 Å². The van der Waals surface area contributed by atoms with E-state index in [1.807, 2.05) is 6.07 Å². The van der Waals surface area contributed by atoms with Crippen LogP contribution >= 0.6 is 0 Å². The van der Waals surface area contributed by atoms with Gasteiger partial charge in [0.2, 0.25) is 5.88 Å². The van der Waals surface area contributed by atoms with E-state index in [1.54, 1.807) is 6.20 Å². The van der Waals surface area contributed by atoms with Crippen molar-refractivity contribution in [2.75, 3.05) is 0 Å². The normalized spacial score (nSPS) is 12.0. The number of aromatic nitrogens is 1. The van der Waals surface area contributed by atoms with Crippen LogP contribution in [0, 0.1) is 12.3 Å². The summed E-state index contributed by atoms with van der Waals surface area (Å²) in [5, 5.41) is 11.8. The Balaban J connectivity index is 2.18. The highest BCUT2D eigenvalue weighted by Gasteiger charge is 2.14. The number of hydrogen-bond acceptors (Lipinski definition) is 2. The molecule has 0 saturated heterocycles. The van der Waals surface area contributed by atoms with Gasteiger partial charge in [-0.25, -0.2) is 4.98 Å². The van der Waals surface area contributed by atoms with Gasteiger partial charge in [-0.3, -0.25) is 0 Å². The topological polar surface area (TPSA) is 33.1 Å². The molecule has 1 aromatic carbocycles. The quantitative estimate of drug-likeness (QED) is 0.829. The Morgan fingerprint density at radius 1 is 1.25 bits per heavy atom. The Bertz CT molecular complexity index is 602. The van der Waals surface area contributed by atoms with Gasteiger partial charge in [0.05, 0.1) is 0 Å². The molecule has 20 heavy (non-hydrogen) atoms. The zero-order chi connectivity index (χ0) is 14.8. The van der Waals surface area contributed by atoms with Crippen LogP contribution in [0.5, 0.6) is 5.88 Å². The number of benzene rings is 1. The summed E-state index contributed by atoms with van der Waals surface area (Å²) in [6.45, 7) is 9.06. The Hall–Kier alpha value is -1.57. The van der Waals surface area contributed by atoms with Crippen LogP contribution in [0.4, 0.5) is 0 Å². The molecule has 2 nitrogen and oxygen atoms in total. The van der Waals surface area contributed by atoms with E-state index in [0.717, 1.165) is 17.2 Å². The summed E-state index contributed by atoms with van der Waals surface area (Å²) in [5.74, 6) is 0.137. The predicted octanol–water partition coefficient (Wildman–Crippen LogP) is 5.01. The second kappa shape index (κ2) is 5.82. The molecular formula is C18H25NO. The second-order valence-electron chi connectivity index (χ2n) is 6.51. The fourth-order valence-electron chi connectivity index (χ4n) is 2.57. The molecule has 0 aliphatic heterocycles. The molecule has 2 rings (SSSR count). The molecule has 0 bridgehead atoms. The first-order chi connectivity index (χ1) is 9.43. The van der Waals surface area contributed by atoms with Crippen molar-refractivity contribution in [3.8, 4) is 5.88 Å². The van der Waals surface area contributed by atoms with Gasteiger partial charge in [-0.2, -0.15) is 0 Å². The fourth-order valence-corrected chi connectivity index (χ4v) is 2.57. The van der Waals surface area contributed by atoms with Crippen LogP contribution in [0.2, 0.25) is 0 Å². The smallest absolute Gasteiger partial charge is 0.218 e. The standard InChI is InChI=1S/C18H25NO/c1-5-18(3,4)9-6-7-14-12-16-15(11-13(14)2)8-10-19-17(16)20/h8,10-12H,5-7,9H2,1-4H3,(H,19,20). The Labute approximate surface area is 121 Å². The average Bonchev–Trinajstić information content (AvgIpc) is 2.40. The van der Waals surface area contributed by atoms with Gasteiger partial charge in [0, 0.05) is 11.6 Å². The monoisotopic (exact) mass is 271 g/mol. The maximum atomic E-state index is 9.87. The summed E-state index contributed by atoms with van der Waals surface area (Å²) in [7, 11) is 0. The molecule has 2 aromatic rings. The highest BCUT2D eigenvalue weighted by molar-refractivity contribution is 5.87. The summed E-state index contributed by atoms with van der Waals surface area (Å²) < 4.78 is 0. The van der Waals surface area contributed by atoms with Gasteiger partial charge in [0.25, 0.3) is 0 Å².